The van der Waals surface area contributed by atoms with E-state index in [4.69, 9.17) is 13.9 Å². The van der Waals surface area contributed by atoms with Gasteiger partial charge in [0.25, 0.3) is 0 Å². The van der Waals surface area contributed by atoms with Crippen LogP contribution in [0.5, 0.6) is 11.5 Å². The summed E-state index contributed by atoms with van der Waals surface area (Å²) in [5.74, 6) is 2.68. The van der Waals surface area contributed by atoms with E-state index in [1.165, 1.54) is 0 Å². The van der Waals surface area contributed by atoms with E-state index in [9.17, 15) is 9.59 Å². The molecule has 0 fully saturated rings. The standard InChI is InChI=1S/C25H37N3O5/c1-7-18(3)28(25(30)26-8-2)17-24(29)27(16-21-11-9-19(4)33-21)14-13-20-10-12-22(31-5)23(15-20)32-6/h9-12,15,18H,7-8,13-14,16-17H2,1-6H3,(H,26,30)/t18-/m1/s1. The summed E-state index contributed by atoms with van der Waals surface area (Å²) in [6, 6.07) is 9.21. The summed E-state index contributed by atoms with van der Waals surface area (Å²) in [5.41, 5.74) is 1.02. The van der Waals surface area contributed by atoms with E-state index in [2.05, 4.69) is 5.32 Å². The summed E-state index contributed by atoms with van der Waals surface area (Å²) in [6.07, 6.45) is 1.38. The van der Waals surface area contributed by atoms with E-state index < -0.39 is 0 Å². The molecule has 1 heterocycles. The van der Waals surface area contributed by atoms with Gasteiger partial charge >= 0.3 is 6.03 Å². The van der Waals surface area contributed by atoms with Crippen LogP contribution in [0.3, 0.4) is 0 Å². The lowest BCUT2D eigenvalue weighted by Gasteiger charge is -2.31. The first-order valence-electron chi connectivity index (χ1n) is 11.4. The summed E-state index contributed by atoms with van der Waals surface area (Å²) in [5, 5.41) is 2.81. The predicted molar refractivity (Wildman–Crippen MR) is 128 cm³/mol. The second-order valence-electron chi connectivity index (χ2n) is 7.99. The molecule has 0 bridgehead atoms. The lowest BCUT2D eigenvalue weighted by Crippen LogP contribution is -2.50. The average Bonchev–Trinajstić information content (AvgIpc) is 3.23. The van der Waals surface area contributed by atoms with Gasteiger partial charge in [0.2, 0.25) is 5.91 Å². The number of carbonyl (C=O) groups is 2. The molecule has 0 aliphatic carbocycles. The quantitative estimate of drug-likeness (QED) is 0.519. The molecule has 0 radical (unpaired) electrons. The van der Waals surface area contributed by atoms with E-state index in [1.807, 2.05) is 58.0 Å². The molecule has 1 atom stereocenters. The highest BCUT2D eigenvalue weighted by Gasteiger charge is 2.25. The fraction of sp³-hybridized carbons (Fsp3) is 0.520. The van der Waals surface area contributed by atoms with Gasteiger partial charge in [-0.2, -0.15) is 0 Å². The molecular formula is C25H37N3O5. The van der Waals surface area contributed by atoms with Gasteiger partial charge in [-0.15, -0.1) is 0 Å². The molecule has 2 aromatic rings. The Labute approximate surface area is 196 Å². The van der Waals surface area contributed by atoms with Crippen LogP contribution in [0.4, 0.5) is 4.79 Å². The van der Waals surface area contributed by atoms with Gasteiger partial charge in [0, 0.05) is 19.1 Å². The van der Waals surface area contributed by atoms with Crippen molar-refractivity contribution in [3.63, 3.8) is 0 Å². The Morgan fingerprint density at radius 3 is 2.39 bits per heavy atom. The molecule has 0 aliphatic rings. The molecule has 0 spiro atoms. The Bertz CT molecular complexity index is 911. The number of nitrogens with zero attached hydrogens (tertiary/aromatic N) is 2. The number of urea groups is 1. The highest BCUT2D eigenvalue weighted by Crippen LogP contribution is 2.27. The van der Waals surface area contributed by atoms with Gasteiger partial charge in [-0.1, -0.05) is 13.0 Å². The van der Waals surface area contributed by atoms with Crippen LogP contribution in [0, 0.1) is 6.92 Å². The van der Waals surface area contributed by atoms with Gasteiger partial charge in [0.05, 0.1) is 20.8 Å². The normalized spacial score (nSPS) is 11.6. The number of nitrogens with one attached hydrogen (secondary N) is 1. The number of rotatable bonds is 12. The van der Waals surface area contributed by atoms with Crippen LogP contribution in [0.2, 0.25) is 0 Å². The number of amides is 3. The van der Waals surface area contributed by atoms with Crippen molar-refractivity contribution in [1.29, 1.82) is 0 Å². The molecule has 1 aromatic carbocycles. The third kappa shape index (κ3) is 7.44. The summed E-state index contributed by atoms with van der Waals surface area (Å²) >= 11 is 0. The van der Waals surface area contributed by atoms with Gasteiger partial charge < -0.3 is 29.0 Å². The Kier molecular flexibility index (Phi) is 10.1. The maximum atomic E-state index is 13.4. The minimum atomic E-state index is -0.228. The monoisotopic (exact) mass is 459 g/mol. The first-order valence-corrected chi connectivity index (χ1v) is 11.4. The van der Waals surface area contributed by atoms with Crippen LogP contribution >= 0.6 is 0 Å². The Morgan fingerprint density at radius 2 is 1.82 bits per heavy atom. The van der Waals surface area contributed by atoms with Gasteiger partial charge in [0.15, 0.2) is 11.5 Å². The zero-order valence-corrected chi connectivity index (χ0v) is 20.6. The maximum Gasteiger partial charge on any atom is 0.318 e. The largest absolute Gasteiger partial charge is 0.493 e. The van der Waals surface area contributed by atoms with Crippen LogP contribution in [0.1, 0.15) is 44.3 Å². The third-order valence-electron chi connectivity index (χ3n) is 5.63. The minimum absolute atomic E-state index is 0.00641. The Hall–Kier alpha value is -3.16. The summed E-state index contributed by atoms with van der Waals surface area (Å²) < 4.78 is 16.4. The lowest BCUT2D eigenvalue weighted by molar-refractivity contribution is -0.133. The molecule has 182 valence electrons. The molecule has 0 unspecified atom stereocenters. The van der Waals surface area contributed by atoms with Crippen molar-refractivity contribution in [3.8, 4) is 11.5 Å². The van der Waals surface area contributed by atoms with Crippen molar-refractivity contribution < 1.29 is 23.5 Å². The summed E-state index contributed by atoms with van der Waals surface area (Å²) in [7, 11) is 3.20. The summed E-state index contributed by atoms with van der Waals surface area (Å²) in [4.78, 5) is 29.3. The maximum absolute atomic E-state index is 13.4. The molecule has 3 amide bonds. The Morgan fingerprint density at radius 1 is 1.09 bits per heavy atom. The highest BCUT2D eigenvalue weighted by molar-refractivity contribution is 5.84. The average molecular weight is 460 g/mol. The molecule has 33 heavy (non-hydrogen) atoms. The van der Waals surface area contributed by atoms with Crippen LogP contribution in [-0.4, -0.2) is 61.6 Å². The van der Waals surface area contributed by atoms with E-state index in [0.717, 1.165) is 17.7 Å². The van der Waals surface area contributed by atoms with E-state index in [-0.39, 0.29) is 24.5 Å². The Balaban J connectivity index is 2.20. The number of carbonyl (C=O) groups excluding carboxylic acids is 2. The fourth-order valence-electron chi connectivity index (χ4n) is 3.50. The first-order chi connectivity index (χ1) is 15.8. The molecule has 0 saturated heterocycles. The number of aryl methyl sites for hydroxylation is 1. The molecule has 0 saturated carbocycles. The number of methoxy groups -OCH3 is 2. The smallest absolute Gasteiger partial charge is 0.318 e. The third-order valence-corrected chi connectivity index (χ3v) is 5.63. The van der Waals surface area contributed by atoms with Crippen LogP contribution < -0.4 is 14.8 Å². The highest BCUT2D eigenvalue weighted by atomic mass is 16.5. The van der Waals surface area contributed by atoms with Crippen molar-refractivity contribution in [3.05, 3.63) is 47.4 Å². The topological polar surface area (TPSA) is 84.3 Å². The first kappa shape index (κ1) is 26.1. The SMILES string of the molecule is CCNC(=O)N(CC(=O)N(CCc1ccc(OC)c(OC)c1)Cc1ccc(C)o1)[C@H](C)CC. The van der Waals surface area contributed by atoms with Crippen molar-refractivity contribution in [1.82, 2.24) is 15.1 Å². The van der Waals surface area contributed by atoms with Crippen molar-refractivity contribution in [2.24, 2.45) is 0 Å². The number of hydrogen-bond donors (Lipinski definition) is 1. The second kappa shape index (κ2) is 12.8. The minimum Gasteiger partial charge on any atom is -0.493 e. The number of hydrogen-bond acceptors (Lipinski definition) is 5. The zero-order valence-electron chi connectivity index (χ0n) is 20.6. The van der Waals surface area contributed by atoms with Gasteiger partial charge in [-0.05, 0) is 63.4 Å². The number of furan rings is 1. The van der Waals surface area contributed by atoms with Crippen LogP contribution in [0.15, 0.2) is 34.7 Å². The van der Waals surface area contributed by atoms with Gasteiger partial charge in [-0.25, -0.2) is 4.79 Å². The number of ether oxygens (including phenoxy) is 2. The lowest BCUT2D eigenvalue weighted by atomic mass is 10.1. The van der Waals surface area contributed by atoms with Gasteiger partial charge in [-0.3, -0.25) is 4.79 Å². The van der Waals surface area contributed by atoms with Crippen molar-refractivity contribution in [2.45, 2.75) is 53.1 Å². The van der Waals surface area contributed by atoms with Crippen molar-refractivity contribution >= 4 is 11.9 Å². The summed E-state index contributed by atoms with van der Waals surface area (Å²) in [6.45, 7) is 9.01. The molecular weight excluding hydrogens is 422 g/mol. The molecule has 1 N–H and O–H groups in total. The molecule has 0 aliphatic heterocycles. The van der Waals surface area contributed by atoms with E-state index in [1.54, 1.807) is 24.0 Å². The van der Waals surface area contributed by atoms with Gasteiger partial charge in [0.1, 0.15) is 18.1 Å². The van der Waals surface area contributed by atoms with E-state index in [0.29, 0.717) is 43.3 Å². The fourth-order valence-corrected chi connectivity index (χ4v) is 3.50. The zero-order chi connectivity index (χ0) is 24.4. The second-order valence-corrected chi connectivity index (χ2v) is 7.99. The number of benzene rings is 1. The van der Waals surface area contributed by atoms with Crippen molar-refractivity contribution in [2.75, 3.05) is 33.9 Å². The molecule has 2 rings (SSSR count). The molecule has 8 nitrogen and oxygen atoms in total. The predicted octanol–water partition coefficient (Wildman–Crippen LogP) is 4.01. The molecule has 8 heteroatoms. The van der Waals surface area contributed by atoms with Crippen LogP contribution in [-0.2, 0) is 17.8 Å². The van der Waals surface area contributed by atoms with Crippen LogP contribution in [0.25, 0.3) is 0 Å². The van der Waals surface area contributed by atoms with E-state index >= 15 is 0 Å². The molecule has 1 aromatic heterocycles.